The third kappa shape index (κ3) is 6.65. The fourth-order valence-electron chi connectivity index (χ4n) is 5.31. The molecule has 1 unspecified atom stereocenters. The van der Waals surface area contributed by atoms with Gasteiger partial charge in [0.1, 0.15) is 24.1 Å². The topological polar surface area (TPSA) is 81.9 Å². The van der Waals surface area contributed by atoms with Crippen LogP contribution in [-0.4, -0.2) is 17.6 Å². The lowest BCUT2D eigenvalue weighted by atomic mass is 10.0. The molecule has 1 aliphatic rings. The first-order chi connectivity index (χ1) is 22.5. The molecule has 0 aliphatic carbocycles. The zero-order valence-corrected chi connectivity index (χ0v) is 27.1. The van der Waals surface area contributed by atoms with Crippen molar-refractivity contribution in [1.82, 2.24) is 4.57 Å². The highest BCUT2D eigenvalue weighted by atomic mass is 32.1. The molecule has 240 valence electrons. The number of alkyl halides is 3. The van der Waals surface area contributed by atoms with Crippen LogP contribution in [0.5, 0.6) is 11.5 Å². The summed E-state index contributed by atoms with van der Waals surface area (Å²) in [6, 6.07) is 20.5. The Balaban J connectivity index is 1.35. The molecule has 0 saturated heterocycles. The van der Waals surface area contributed by atoms with E-state index in [4.69, 9.17) is 14.5 Å². The van der Waals surface area contributed by atoms with Crippen molar-refractivity contribution in [1.29, 1.82) is 0 Å². The normalized spacial score (nSPS) is 14.9. The highest BCUT2D eigenvalue weighted by Crippen LogP contribution is 2.34. The first kappa shape index (κ1) is 32.0. The van der Waals surface area contributed by atoms with Crippen molar-refractivity contribution in [2.45, 2.75) is 32.7 Å². The number of hydrogen-bond acceptors (Lipinski definition) is 7. The Labute approximate surface area is 275 Å². The minimum absolute atomic E-state index is 0.0619. The molecule has 3 heterocycles. The van der Waals surface area contributed by atoms with Gasteiger partial charge in [-0.25, -0.2) is 4.99 Å². The number of thiophene rings is 1. The van der Waals surface area contributed by atoms with E-state index in [0.717, 1.165) is 22.6 Å². The van der Waals surface area contributed by atoms with Gasteiger partial charge in [-0.2, -0.15) is 13.2 Å². The number of benzene rings is 3. The van der Waals surface area contributed by atoms with Crippen LogP contribution in [0, 0.1) is 6.92 Å². The highest BCUT2D eigenvalue weighted by molar-refractivity contribution is 7.10. The van der Waals surface area contributed by atoms with Crippen LogP contribution in [0.3, 0.4) is 0 Å². The Bertz CT molecular complexity index is 2180. The number of nitrogens with one attached hydrogen (secondary N) is 1. The molecule has 0 fully saturated rings. The maximum atomic E-state index is 14.0. The Kier molecular flexibility index (Phi) is 8.89. The van der Waals surface area contributed by atoms with Crippen molar-refractivity contribution >= 4 is 40.3 Å². The van der Waals surface area contributed by atoms with Gasteiger partial charge in [0.05, 0.1) is 28.5 Å². The van der Waals surface area contributed by atoms with Gasteiger partial charge < -0.3 is 14.8 Å². The van der Waals surface area contributed by atoms with Crippen molar-refractivity contribution < 1.29 is 27.4 Å². The third-order valence-corrected chi connectivity index (χ3v) is 9.54. The van der Waals surface area contributed by atoms with Crippen LogP contribution in [0.15, 0.2) is 105 Å². The number of nitrogens with zero attached hydrogens (tertiary/aromatic N) is 2. The molecule has 1 amide bonds. The minimum Gasteiger partial charge on any atom is -0.496 e. The average Bonchev–Trinajstić information content (AvgIpc) is 3.68. The number of thiazole rings is 1. The number of amides is 1. The van der Waals surface area contributed by atoms with Gasteiger partial charge in [-0.1, -0.05) is 47.7 Å². The standard InChI is InChI=1S/C35H28F3N3O4S2/c1-20-8-4-5-11-26(20)40-32(42)30-21(2)39-34-41(31(30)28-12-7-15-46-28)33(43)29(47-34)17-22-13-14-27(44-3)23(16-22)19-45-25-10-6-9-24(18-25)35(36,37)38/h4-18,31H,19H2,1-3H3,(H,40,42). The number of allylic oxidation sites excluding steroid dienone is 1. The molecular weight excluding hydrogens is 648 g/mol. The van der Waals surface area contributed by atoms with Crippen molar-refractivity contribution in [3.8, 4) is 11.5 Å². The second-order valence-corrected chi connectivity index (χ2v) is 12.7. The van der Waals surface area contributed by atoms with Crippen molar-refractivity contribution in [3.63, 3.8) is 0 Å². The summed E-state index contributed by atoms with van der Waals surface area (Å²) in [6.07, 6.45) is -2.77. The maximum absolute atomic E-state index is 14.0. The Morgan fingerprint density at radius 1 is 1.04 bits per heavy atom. The van der Waals surface area contributed by atoms with Crippen LogP contribution < -0.4 is 29.7 Å². The predicted molar refractivity (Wildman–Crippen MR) is 177 cm³/mol. The quantitative estimate of drug-likeness (QED) is 0.195. The number of rotatable bonds is 8. The highest BCUT2D eigenvalue weighted by Gasteiger charge is 2.33. The Morgan fingerprint density at radius 2 is 1.85 bits per heavy atom. The molecule has 0 radical (unpaired) electrons. The molecular formula is C35H28F3N3O4S2. The molecule has 6 rings (SSSR count). The van der Waals surface area contributed by atoms with Crippen LogP contribution in [0.1, 0.15) is 40.1 Å². The number of methoxy groups -OCH3 is 1. The number of fused-ring (bicyclic) bond motifs is 1. The number of aryl methyl sites for hydroxylation is 1. The molecule has 7 nitrogen and oxygen atoms in total. The number of carbonyl (C=O) groups is 1. The Morgan fingerprint density at radius 3 is 2.57 bits per heavy atom. The van der Waals surface area contributed by atoms with Crippen LogP contribution >= 0.6 is 22.7 Å². The number of ether oxygens (including phenoxy) is 2. The fraction of sp³-hybridized carbons (Fsp3) is 0.171. The van der Waals surface area contributed by atoms with Gasteiger partial charge in [-0.15, -0.1) is 11.3 Å². The van der Waals surface area contributed by atoms with E-state index >= 15 is 0 Å². The van der Waals surface area contributed by atoms with Gasteiger partial charge in [0.25, 0.3) is 11.5 Å². The SMILES string of the molecule is COc1ccc(C=c2sc3n(c2=O)C(c2cccs2)C(C(=O)Nc2ccccc2C)=C(C)N=3)cc1COc1cccc(C(F)(F)F)c1. The fourth-order valence-corrected chi connectivity index (χ4v) is 7.18. The number of anilines is 1. The van der Waals surface area contributed by atoms with Crippen LogP contribution in [0.4, 0.5) is 18.9 Å². The van der Waals surface area contributed by atoms with Gasteiger partial charge >= 0.3 is 6.18 Å². The van der Waals surface area contributed by atoms with E-state index in [-0.39, 0.29) is 23.8 Å². The van der Waals surface area contributed by atoms with E-state index < -0.39 is 17.8 Å². The van der Waals surface area contributed by atoms with E-state index in [1.165, 1.54) is 41.9 Å². The van der Waals surface area contributed by atoms with E-state index in [1.807, 2.05) is 48.7 Å². The molecule has 2 aromatic heterocycles. The first-order valence-electron chi connectivity index (χ1n) is 14.4. The van der Waals surface area contributed by atoms with Crippen molar-refractivity contribution in [2.75, 3.05) is 12.4 Å². The second-order valence-electron chi connectivity index (χ2n) is 10.8. The molecule has 0 saturated carbocycles. The van der Waals surface area contributed by atoms with E-state index in [9.17, 15) is 22.8 Å². The van der Waals surface area contributed by atoms with Crippen LogP contribution in [0.2, 0.25) is 0 Å². The molecule has 0 bridgehead atoms. The van der Waals surface area contributed by atoms with Gasteiger partial charge in [0.15, 0.2) is 4.80 Å². The van der Waals surface area contributed by atoms with E-state index in [2.05, 4.69) is 5.32 Å². The Hall–Kier alpha value is -4.94. The van der Waals surface area contributed by atoms with Crippen LogP contribution in [-0.2, 0) is 17.6 Å². The van der Waals surface area contributed by atoms with Crippen molar-refractivity contribution in [2.24, 2.45) is 4.99 Å². The lowest BCUT2D eigenvalue weighted by Gasteiger charge is -2.24. The largest absolute Gasteiger partial charge is 0.496 e. The summed E-state index contributed by atoms with van der Waals surface area (Å²) in [7, 11) is 1.49. The summed E-state index contributed by atoms with van der Waals surface area (Å²) in [5.41, 5.74) is 2.59. The van der Waals surface area contributed by atoms with Gasteiger partial charge in [-0.3, -0.25) is 14.2 Å². The summed E-state index contributed by atoms with van der Waals surface area (Å²) in [5, 5.41) is 4.90. The number of para-hydroxylation sites is 1. The number of hydrogen-bond donors (Lipinski definition) is 1. The lowest BCUT2D eigenvalue weighted by Crippen LogP contribution is -2.40. The smallest absolute Gasteiger partial charge is 0.416 e. The monoisotopic (exact) mass is 675 g/mol. The van der Waals surface area contributed by atoms with Gasteiger partial charge in [0, 0.05) is 16.1 Å². The molecule has 1 N–H and O–H groups in total. The molecule has 47 heavy (non-hydrogen) atoms. The molecule has 1 atom stereocenters. The zero-order chi connectivity index (χ0) is 33.3. The van der Waals surface area contributed by atoms with Crippen LogP contribution in [0.25, 0.3) is 6.08 Å². The van der Waals surface area contributed by atoms with Gasteiger partial charge in [0.2, 0.25) is 0 Å². The lowest BCUT2D eigenvalue weighted by molar-refractivity contribution is -0.137. The summed E-state index contributed by atoms with van der Waals surface area (Å²) in [5.74, 6) is 0.203. The second kappa shape index (κ2) is 13.0. The zero-order valence-electron chi connectivity index (χ0n) is 25.4. The summed E-state index contributed by atoms with van der Waals surface area (Å²) >= 11 is 2.66. The summed E-state index contributed by atoms with van der Waals surface area (Å²) in [6.45, 7) is 3.61. The van der Waals surface area contributed by atoms with Gasteiger partial charge in [-0.05, 0) is 78.9 Å². The molecule has 1 aliphatic heterocycles. The third-order valence-electron chi connectivity index (χ3n) is 7.63. The van der Waals surface area contributed by atoms with Crippen molar-refractivity contribution in [3.05, 3.63) is 142 Å². The maximum Gasteiger partial charge on any atom is 0.416 e. The predicted octanol–water partition coefficient (Wildman–Crippen LogP) is 6.85. The average molecular weight is 676 g/mol. The van der Waals surface area contributed by atoms with E-state index in [0.29, 0.717) is 43.2 Å². The first-order valence-corrected chi connectivity index (χ1v) is 16.1. The molecule has 0 spiro atoms. The minimum atomic E-state index is -4.49. The number of aromatic nitrogens is 1. The number of carbonyl (C=O) groups excluding carboxylic acids is 1. The molecule has 5 aromatic rings. The molecule has 3 aromatic carbocycles. The van der Waals surface area contributed by atoms with E-state index in [1.54, 1.807) is 35.8 Å². The summed E-state index contributed by atoms with van der Waals surface area (Å²) in [4.78, 5) is 33.8. The molecule has 12 heteroatoms. The number of halogens is 3. The summed E-state index contributed by atoms with van der Waals surface area (Å²) < 4.78 is 52.7.